The van der Waals surface area contributed by atoms with E-state index in [1.54, 1.807) is 6.07 Å². The second kappa shape index (κ2) is 7.85. The van der Waals surface area contributed by atoms with Crippen LogP contribution in [0.25, 0.3) is 0 Å². The van der Waals surface area contributed by atoms with Gasteiger partial charge < -0.3 is 10.6 Å². The number of nitrogens with zero attached hydrogens (tertiary/aromatic N) is 1. The number of carbonyl (C=O) groups is 1. The number of amides is 1. The van der Waals surface area contributed by atoms with Gasteiger partial charge in [-0.1, -0.05) is 31.5 Å². The molecule has 4 rings (SSSR count). The maximum absolute atomic E-state index is 14.3. The van der Waals surface area contributed by atoms with E-state index in [0.29, 0.717) is 23.3 Å². The van der Waals surface area contributed by atoms with E-state index in [-0.39, 0.29) is 42.1 Å². The van der Waals surface area contributed by atoms with Crippen molar-refractivity contribution in [2.45, 2.75) is 57.5 Å². The van der Waals surface area contributed by atoms with Gasteiger partial charge in [-0.3, -0.25) is 4.79 Å². The molecule has 4 unspecified atom stereocenters. The van der Waals surface area contributed by atoms with Crippen LogP contribution in [0.4, 0.5) is 4.39 Å². The summed E-state index contributed by atoms with van der Waals surface area (Å²) in [7, 11) is 0. The van der Waals surface area contributed by atoms with Gasteiger partial charge in [-0.25, -0.2) is 4.39 Å². The Hall–Kier alpha value is -1.13. The minimum atomic E-state index is -0.193. The van der Waals surface area contributed by atoms with Crippen LogP contribution >= 0.6 is 12.4 Å². The van der Waals surface area contributed by atoms with Crippen molar-refractivity contribution in [3.05, 3.63) is 35.6 Å². The Kier molecular flexibility index (Phi) is 5.93. The Bertz CT molecular complexity index is 641. The van der Waals surface area contributed by atoms with Crippen molar-refractivity contribution in [2.75, 3.05) is 6.54 Å². The summed E-state index contributed by atoms with van der Waals surface area (Å²) in [6.45, 7) is 2.91. The molecule has 4 atom stereocenters. The Morgan fingerprint density at radius 2 is 1.81 bits per heavy atom. The highest BCUT2D eigenvalue weighted by Gasteiger charge is 2.44. The molecule has 26 heavy (non-hydrogen) atoms. The van der Waals surface area contributed by atoms with Crippen LogP contribution in [0.2, 0.25) is 0 Å². The lowest BCUT2D eigenvalue weighted by atomic mass is 9.65. The van der Waals surface area contributed by atoms with Crippen LogP contribution in [0, 0.1) is 29.5 Å². The summed E-state index contributed by atoms with van der Waals surface area (Å²) < 4.78 is 14.3. The first-order chi connectivity index (χ1) is 12.0. The van der Waals surface area contributed by atoms with Crippen LogP contribution in [0.15, 0.2) is 24.3 Å². The van der Waals surface area contributed by atoms with Crippen molar-refractivity contribution in [1.29, 1.82) is 0 Å². The molecule has 2 aliphatic carbocycles. The number of rotatable bonds is 2. The van der Waals surface area contributed by atoms with Crippen LogP contribution in [0.1, 0.15) is 57.1 Å². The first-order valence-corrected chi connectivity index (χ1v) is 9.85. The zero-order chi connectivity index (χ0) is 17.6. The van der Waals surface area contributed by atoms with E-state index in [2.05, 4.69) is 6.92 Å². The summed E-state index contributed by atoms with van der Waals surface area (Å²) >= 11 is 0. The monoisotopic (exact) mass is 380 g/mol. The van der Waals surface area contributed by atoms with Gasteiger partial charge in [0.25, 0.3) is 0 Å². The molecule has 0 aromatic heterocycles. The molecule has 144 valence electrons. The van der Waals surface area contributed by atoms with Crippen molar-refractivity contribution >= 4 is 18.3 Å². The second-order valence-electron chi connectivity index (χ2n) is 8.57. The molecule has 3 nitrogen and oxygen atoms in total. The van der Waals surface area contributed by atoms with Gasteiger partial charge in [0.15, 0.2) is 0 Å². The molecule has 0 spiro atoms. The van der Waals surface area contributed by atoms with Gasteiger partial charge >= 0.3 is 0 Å². The van der Waals surface area contributed by atoms with Crippen LogP contribution in [-0.2, 0) is 4.79 Å². The fourth-order valence-corrected chi connectivity index (χ4v) is 5.55. The first-order valence-electron chi connectivity index (χ1n) is 9.85. The minimum absolute atomic E-state index is 0. The second-order valence-corrected chi connectivity index (χ2v) is 8.57. The lowest BCUT2D eigenvalue weighted by molar-refractivity contribution is -0.139. The largest absolute Gasteiger partial charge is 0.335 e. The van der Waals surface area contributed by atoms with Gasteiger partial charge in [0.1, 0.15) is 5.82 Å². The number of fused-ring (bicyclic) bond motifs is 2. The molecule has 0 radical (unpaired) electrons. The zero-order valence-corrected chi connectivity index (χ0v) is 16.3. The van der Waals surface area contributed by atoms with E-state index in [1.807, 2.05) is 17.0 Å². The molecule has 2 bridgehead atoms. The highest BCUT2D eigenvalue weighted by Crippen LogP contribution is 2.44. The van der Waals surface area contributed by atoms with Gasteiger partial charge in [0.05, 0.1) is 6.04 Å². The number of carbonyl (C=O) groups excluding carboxylic acids is 1. The van der Waals surface area contributed by atoms with E-state index in [0.717, 1.165) is 38.6 Å². The molecule has 1 aromatic rings. The minimum Gasteiger partial charge on any atom is -0.335 e. The average molecular weight is 381 g/mol. The van der Waals surface area contributed by atoms with Crippen molar-refractivity contribution in [1.82, 2.24) is 4.90 Å². The van der Waals surface area contributed by atoms with Crippen molar-refractivity contribution in [3.8, 4) is 0 Å². The van der Waals surface area contributed by atoms with E-state index >= 15 is 0 Å². The van der Waals surface area contributed by atoms with Crippen LogP contribution in [-0.4, -0.2) is 23.4 Å². The fourth-order valence-electron chi connectivity index (χ4n) is 5.55. The summed E-state index contributed by atoms with van der Waals surface area (Å²) in [6.07, 6.45) is 6.27. The van der Waals surface area contributed by atoms with Crippen molar-refractivity contribution in [2.24, 2.45) is 29.4 Å². The Labute approximate surface area is 161 Å². The molecule has 3 aliphatic rings. The third-order valence-corrected chi connectivity index (χ3v) is 6.82. The number of nitrogens with two attached hydrogens (primary N) is 1. The summed E-state index contributed by atoms with van der Waals surface area (Å²) in [5.41, 5.74) is 7.06. The maximum Gasteiger partial charge on any atom is 0.226 e. The van der Waals surface area contributed by atoms with Gasteiger partial charge in [-0.15, -0.1) is 12.4 Å². The molecule has 1 saturated heterocycles. The standard InChI is InChI=1S/C21H29FN2O.ClH/c1-13-9-19(17-7-2-3-8-18(17)22)24(12-13)21(25)16-10-14-5-4-6-15(11-16)20(14)23;/h2-3,7-8,13-16,19-20H,4-6,9-12,23H2,1H3;1H. The average Bonchev–Trinajstić information content (AvgIpc) is 2.96. The Balaban J connectivity index is 0.00000196. The molecule has 1 amide bonds. The van der Waals surface area contributed by atoms with Gasteiger partial charge in [-0.05, 0) is 55.9 Å². The highest BCUT2D eigenvalue weighted by atomic mass is 35.5. The smallest absolute Gasteiger partial charge is 0.226 e. The highest BCUT2D eigenvalue weighted by molar-refractivity contribution is 5.85. The Morgan fingerprint density at radius 1 is 1.15 bits per heavy atom. The molecule has 1 heterocycles. The Morgan fingerprint density at radius 3 is 2.46 bits per heavy atom. The lowest BCUT2D eigenvalue weighted by Crippen LogP contribution is -2.49. The summed E-state index contributed by atoms with van der Waals surface area (Å²) in [5, 5.41) is 0. The SMILES string of the molecule is CC1CC(c2ccccc2F)N(C(=O)C2CC3CCCC(C2)C3N)C1.Cl. The number of hydrogen-bond acceptors (Lipinski definition) is 2. The van der Waals surface area contributed by atoms with E-state index in [1.165, 1.54) is 12.5 Å². The molecule has 3 fully saturated rings. The predicted octanol–water partition coefficient (Wildman–Crippen LogP) is 4.31. The summed E-state index contributed by atoms with van der Waals surface area (Å²) in [5.74, 6) is 1.53. The third-order valence-electron chi connectivity index (χ3n) is 6.82. The van der Waals surface area contributed by atoms with Gasteiger partial charge in [0, 0.05) is 24.1 Å². The fraction of sp³-hybridized carbons (Fsp3) is 0.667. The topological polar surface area (TPSA) is 46.3 Å². The molecular weight excluding hydrogens is 351 g/mol. The van der Waals surface area contributed by atoms with E-state index in [9.17, 15) is 9.18 Å². The molecule has 5 heteroatoms. The number of hydrogen-bond donors (Lipinski definition) is 1. The van der Waals surface area contributed by atoms with Crippen LogP contribution in [0.3, 0.4) is 0 Å². The molecule has 2 N–H and O–H groups in total. The number of likely N-dealkylation sites (tertiary alicyclic amines) is 1. The van der Waals surface area contributed by atoms with E-state index < -0.39 is 0 Å². The van der Waals surface area contributed by atoms with Gasteiger partial charge in [0.2, 0.25) is 5.91 Å². The maximum atomic E-state index is 14.3. The van der Waals surface area contributed by atoms with Crippen molar-refractivity contribution in [3.63, 3.8) is 0 Å². The summed E-state index contributed by atoms with van der Waals surface area (Å²) in [4.78, 5) is 15.3. The van der Waals surface area contributed by atoms with Gasteiger partial charge in [-0.2, -0.15) is 0 Å². The zero-order valence-electron chi connectivity index (χ0n) is 15.4. The number of halogens is 2. The number of benzene rings is 1. The van der Waals surface area contributed by atoms with Crippen LogP contribution in [0.5, 0.6) is 0 Å². The molecule has 2 saturated carbocycles. The first kappa shape index (κ1) is 19.6. The molecule has 1 aliphatic heterocycles. The normalized spacial score (nSPS) is 36.5. The van der Waals surface area contributed by atoms with Crippen molar-refractivity contribution < 1.29 is 9.18 Å². The predicted molar refractivity (Wildman–Crippen MR) is 103 cm³/mol. The quantitative estimate of drug-likeness (QED) is 0.830. The molecular formula is C21H30ClFN2O. The van der Waals surface area contributed by atoms with Crippen LogP contribution < -0.4 is 5.73 Å². The van der Waals surface area contributed by atoms with E-state index in [4.69, 9.17) is 5.73 Å². The third kappa shape index (κ3) is 3.50. The lowest BCUT2D eigenvalue weighted by Gasteiger charge is -2.44. The summed E-state index contributed by atoms with van der Waals surface area (Å²) in [6, 6.07) is 7.09. The molecule has 1 aromatic carbocycles.